The van der Waals surface area contributed by atoms with Gasteiger partial charge in [0.2, 0.25) is 0 Å². The van der Waals surface area contributed by atoms with Crippen LogP contribution < -0.4 is 9.47 Å². The molecule has 0 N–H and O–H groups in total. The second kappa shape index (κ2) is 7.92. The van der Waals surface area contributed by atoms with Crippen LogP contribution in [-0.2, 0) is 11.4 Å². The lowest BCUT2D eigenvalue weighted by Gasteiger charge is -2.07. The van der Waals surface area contributed by atoms with Crippen LogP contribution in [0.1, 0.15) is 11.1 Å². The van der Waals surface area contributed by atoms with Crippen LogP contribution in [0.2, 0.25) is 10.0 Å². The summed E-state index contributed by atoms with van der Waals surface area (Å²) in [5.41, 5.74) is 1.67. The Morgan fingerprint density at radius 3 is 2.50 bits per heavy atom. The first kappa shape index (κ1) is 16.5. The molecule has 2 aromatic rings. The Hall–Kier alpha value is -1.91. The highest BCUT2D eigenvalue weighted by atomic mass is 35.5. The maximum absolute atomic E-state index is 5.94. The minimum Gasteiger partial charge on any atom is -0.497 e. The molecule has 0 aliphatic rings. The van der Waals surface area contributed by atoms with Gasteiger partial charge in [-0.05, 0) is 29.8 Å². The molecule has 0 fully saturated rings. The van der Waals surface area contributed by atoms with Gasteiger partial charge in [0.25, 0.3) is 0 Å². The van der Waals surface area contributed by atoms with Gasteiger partial charge >= 0.3 is 0 Å². The molecule has 0 aromatic heterocycles. The molecule has 2 aromatic carbocycles. The van der Waals surface area contributed by atoms with Gasteiger partial charge < -0.3 is 14.3 Å². The Morgan fingerprint density at radius 2 is 1.82 bits per heavy atom. The van der Waals surface area contributed by atoms with Crippen molar-refractivity contribution in [2.24, 2.45) is 5.16 Å². The van der Waals surface area contributed by atoms with E-state index >= 15 is 0 Å². The Balaban J connectivity index is 1.99. The average molecular weight is 340 g/mol. The Kier molecular flexibility index (Phi) is 5.92. The highest BCUT2D eigenvalue weighted by molar-refractivity contribution is 6.42. The summed E-state index contributed by atoms with van der Waals surface area (Å²) in [6.07, 6.45) is 1.58. The molecular formula is C16H15Cl2NO3. The van der Waals surface area contributed by atoms with E-state index in [1.54, 1.807) is 38.6 Å². The van der Waals surface area contributed by atoms with E-state index in [0.29, 0.717) is 28.2 Å². The molecule has 0 unspecified atom stereocenters. The number of hydrogen-bond donors (Lipinski definition) is 0. The standard InChI is InChI=1S/C16H15Cl2NO3/c1-20-13-5-4-12(16(8-13)21-2)9-19-22-10-11-3-6-14(17)15(18)7-11/h3-9H,10H2,1-2H3. The number of oxime groups is 1. The van der Waals surface area contributed by atoms with Crippen molar-refractivity contribution in [2.75, 3.05) is 14.2 Å². The van der Waals surface area contributed by atoms with E-state index in [9.17, 15) is 0 Å². The lowest BCUT2D eigenvalue weighted by molar-refractivity contribution is 0.132. The van der Waals surface area contributed by atoms with Gasteiger partial charge in [-0.1, -0.05) is 34.4 Å². The van der Waals surface area contributed by atoms with Gasteiger partial charge in [0, 0.05) is 11.6 Å². The molecule has 2 rings (SSSR count). The van der Waals surface area contributed by atoms with Gasteiger partial charge in [-0.15, -0.1) is 0 Å². The van der Waals surface area contributed by atoms with Crippen molar-refractivity contribution in [2.45, 2.75) is 6.61 Å². The molecule has 0 aliphatic carbocycles. The summed E-state index contributed by atoms with van der Waals surface area (Å²) in [4.78, 5) is 5.26. The zero-order valence-electron chi connectivity index (χ0n) is 12.2. The van der Waals surface area contributed by atoms with Crippen molar-refractivity contribution >= 4 is 29.4 Å². The molecule has 4 nitrogen and oxygen atoms in total. The molecule has 0 aliphatic heterocycles. The highest BCUT2D eigenvalue weighted by Gasteiger charge is 2.03. The fraction of sp³-hybridized carbons (Fsp3) is 0.188. The van der Waals surface area contributed by atoms with Crippen molar-refractivity contribution in [3.05, 3.63) is 57.6 Å². The molecule has 0 radical (unpaired) electrons. The van der Waals surface area contributed by atoms with Crippen LogP contribution in [0.3, 0.4) is 0 Å². The first-order chi connectivity index (χ1) is 10.6. The van der Waals surface area contributed by atoms with Crippen LogP contribution in [0.25, 0.3) is 0 Å². The van der Waals surface area contributed by atoms with Crippen molar-refractivity contribution in [1.29, 1.82) is 0 Å². The molecular weight excluding hydrogens is 325 g/mol. The van der Waals surface area contributed by atoms with E-state index in [4.69, 9.17) is 37.5 Å². The predicted octanol–water partition coefficient (Wildman–Crippen LogP) is 4.56. The number of ether oxygens (including phenoxy) is 2. The van der Waals surface area contributed by atoms with Gasteiger partial charge in [-0.25, -0.2) is 0 Å². The van der Waals surface area contributed by atoms with Crippen molar-refractivity contribution in [3.63, 3.8) is 0 Å². The molecule has 0 amide bonds. The normalized spacial score (nSPS) is 10.7. The van der Waals surface area contributed by atoms with E-state index in [-0.39, 0.29) is 0 Å². The van der Waals surface area contributed by atoms with Crippen LogP contribution in [0.15, 0.2) is 41.6 Å². The van der Waals surface area contributed by atoms with Gasteiger partial charge in [0.1, 0.15) is 18.1 Å². The van der Waals surface area contributed by atoms with Gasteiger partial charge in [-0.2, -0.15) is 0 Å². The molecule has 0 saturated heterocycles. The third kappa shape index (κ3) is 4.29. The number of nitrogens with zero attached hydrogens (tertiary/aromatic N) is 1. The summed E-state index contributed by atoms with van der Waals surface area (Å²) in [6, 6.07) is 10.7. The van der Waals surface area contributed by atoms with Crippen molar-refractivity contribution in [1.82, 2.24) is 0 Å². The van der Waals surface area contributed by atoms with Gasteiger partial charge in [0.15, 0.2) is 0 Å². The molecule has 0 heterocycles. The lowest BCUT2D eigenvalue weighted by atomic mass is 10.2. The smallest absolute Gasteiger partial charge is 0.142 e. The lowest BCUT2D eigenvalue weighted by Crippen LogP contribution is -1.93. The molecule has 22 heavy (non-hydrogen) atoms. The highest BCUT2D eigenvalue weighted by Crippen LogP contribution is 2.24. The van der Waals surface area contributed by atoms with E-state index in [0.717, 1.165) is 11.1 Å². The maximum Gasteiger partial charge on any atom is 0.142 e. The molecule has 6 heteroatoms. The summed E-state index contributed by atoms with van der Waals surface area (Å²) in [6.45, 7) is 0.297. The molecule has 0 bridgehead atoms. The summed E-state index contributed by atoms with van der Waals surface area (Å²) in [5.74, 6) is 1.37. The fourth-order valence-electron chi connectivity index (χ4n) is 1.76. The van der Waals surface area contributed by atoms with E-state index in [2.05, 4.69) is 5.16 Å². The number of halogens is 2. The van der Waals surface area contributed by atoms with E-state index in [1.165, 1.54) is 0 Å². The zero-order valence-corrected chi connectivity index (χ0v) is 13.7. The monoisotopic (exact) mass is 339 g/mol. The average Bonchev–Trinajstić information content (AvgIpc) is 2.54. The number of hydrogen-bond acceptors (Lipinski definition) is 4. The van der Waals surface area contributed by atoms with Crippen LogP contribution in [0, 0.1) is 0 Å². The maximum atomic E-state index is 5.94. The van der Waals surface area contributed by atoms with E-state index < -0.39 is 0 Å². The molecule has 116 valence electrons. The minimum atomic E-state index is 0.297. The summed E-state index contributed by atoms with van der Waals surface area (Å²) < 4.78 is 10.4. The first-order valence-corrected chi connectivity index (χ1v) is 7.21. The second-order valence-corrected chi connectivity index (χ2v) is 5.18. The van der Waals surface area contributed by atoms with Gasteiger partial charge in [0.05, 0.1) is 30.5 Å². The summed E-state index contributed by atoms with van der Waals surface area (Å²) in [7, 11) is 3.19. The fourth-order valence-corrected chi connectivity index (χ4v) is 2.08. The predicted molar refractivity (Wildman–Crippen MR) is 88.4 cm³/mol. The summed E-state index contributed by atoms with van der Waals surface area (Å²) in [5, 5.41) is 4.93. The number of benzene rings is 2. The summed E-state index contributed by atoms with van der Waals surface area (Å²) >= 11 is 11.8. The second-order valence-electron chi connectivity index (χ2n) is 4.36. The number of rotatable bonds is 6. The number of methoxy groups -OCH3 is 2. The van der Waals surface area contributed by atoms with Crippen LogP contribution in [0.5, 0.6) is 11.5 Å². The minimum absolute atomic E-state index is 0.297. The van der Waals surface area contributed by atoms with Crippen molar-refractivity contribution < 1.29 is 14.3 Å². The topological polar surface area (TPSA) is 40.0 Å². The first-order valence-electron chi connectivity index (χ1n) is 6.45. The third-order valence-corrected chi connectivity index (χ3v) is 3.66. The molecule has 0 saturated carbocycles. The Labute approximate surface area is 139 Å². The van der Waals surface area contributed by atoms with Crippen molar-refractivity contribution in [3.8, 4) is 11.5 Å². The molecule has 0 atom stereocenters. The molecule has 0 spiro atoms. The Bertz CT molecular complexity index is 674. The Morgan fingerprint density at radius 1 is 1.00 bits per heavy atom. The quantitative estimate of drug-likeness (QED) is 0.572. The van der Waals surface area contributed by atoms with E-state index in [1.807, 2.05) is 18.2 Å². The van der Waals surface area contributed by atoms with Crippen LogP contribution in [0.4, 0.5) is 0 Å². The largest absolute Gasteiger partial charge is 0.497 e. The zero-order chi connectivity index (χ0) is 15.9. The SMILES string of the molecule is COc1ccc(C=NOCc2ccc(Cl)c(Cl)c2)c(OC)c1. The van der Waals surface area contributed by atoms with Gasteiger partial charge in [-0.3, -0.25) is 0 Å². The van der Waals surface area contributed by atoms with Crippen LogP contribution >= 0.6 is 23.2 Å². The third-order valence-electron chi connectivity index (χ3n) is 2.92. The van der Waals surface area contributed by atoms with Crippen LogP contribution in [-0.4, -0.2) is 20.4 Å².